The van der Waals surface area contributed by atoms with Gasteiger partial charge in [0.2, 0.25) is 0 Å². The summed E-state index contributed by atoms with van der Waals surface area (Å²) < 4.78 is 0. The topological polar surface area (TPSA) is 130 Å². The number of nitrogens with one attached hydrogen (secondary N) is 1. The second-order valence-electron chi connectivity index (χ2n) is 7.75. The van der Waals surface area contributed by atoms with Crippen molar-refractivity contribution in [1.29, 1.82) is 0 Å². The van der Waals surface area contributed by atoms with Gasteiger partial charge in [-0.1, -0.05) is 37.0 Å². The summed E-state index contributed by atoms with van der Waals surface area (Å²) in [5, 5.41) is 37.5. The third-order valence-electron chi connectivity index (χ3n) is 4.51. The van der Waals surface area contributed by atoms with Crippen LogP contribution < -0.4 is 5.32 Å². The summed E-state index contributed by atoms with van der Waals surface area (Å²) in [4.78, 5) is 22.1. The largest absolute Gasteiger partial charge is 0.479 e. The average Bonchev–Trinajstić information content (AvgIpc) is 3.16. The molecular weight excluding hydrogens is 435 g/mol. The molecule has 1 aliphatic rings. The lowest BCUT2D eigenvalue weighted by atomic mass is 10.1. The minimum Gasteiger partial charge on any atom is -0.479 e. The summed E-state index contributed by atoms with van der Waals surface area (Å²) in [7, 11) is 0. The number of hydrogen-bond acceptors (Lipinski definition) is 6. The molecule has 1 fully saturated rings. The predicted molar refractivity (Wildman–Crippen MR) is 115 cm³/mol. The summed E-state index contributed by atoms with van der Waals surface area (Å²) >= 11 is 12.4. The van der Waals surface area contributed by atoms with Crippen molar-refractivity contribution in [2.75, 3.05) is 26.2 Å². The Hall–Kier alpha value is -1.42. The van der Waals surface area contributed by atoms with Gasteiger partial charge < -0.3 is 25.7 Å². The number of hydrogen-bond donors (Lipinski definition) is 5. The fourth-order valence-electron chi connectivity index (χ4n) is 3.13. The minimum atomic E-state index is -2.27. The molecule has 170 valence electrons. The van der Waals surface area contributed by atoms with Gasteiger partial charge in [0.1, 0.15) is 0 Å². The van der Waals surface area contributed by atoms with Crippen LogP contribution in [0.15, 0.2) is 18.2 Å². The summed E-state index contributed by atoms with van der Waals surface area (Å²) in [6, 6.07) is 5.73. The maximum absolute atomic E-state index is 9.77. The van der Waals surface area contributed by atoms with E-state index in [1.165, 1.54) is 6.42 Å². The van der Waals surface area contributed by atoms with Crippen LogP contribution in [0.25, 0.3) is 0 Å². The van der Waals surface area contributed by atoms with Crippen LogP contribution in [0.2, 0.25) is 10.0 Å². The molecule has 2 unspecified atom stereocenters. The van der Waals surface area contributed by atoms with Crippen LogP contribution in [0.3, 0.4) is 0 Å². The van der Waals surface area contributed by atoms with E-state index >= 15 is 0 Å². The number of aliphatic carboxylic acids is 2. The predicted octanol–water partition coefficient (Wildman–Crippen LogP) is 1.94. The minimum absolute atomic E-state index is 0.655. The number of rotatable bonds is 9. The third-order valence-corrected chi connectivity index (χ3v) is 5.11. The molecule has 1 heterocycles. The molecule has 1 saturated heterocycles. The van der Waals surface area contributed by atoms with E-state index in [1.807, 2.05) is 18.2 Å². The van der Waals surface area contributed by atoms with E-state index in [0.717, 1.165) is 54.3 Å². The first-order valence-corrected chi connectivity index (χ1v) is 10.5. The van der Waals surface area contributed by atoms with Gasteiger partial charge in [0.15, 0.2) is 12.2 Å². The first kappa shape index (κ1) is 26.6. The van der Waals surface area contributed by atoms with Crippen molar-refractivity contribution in [3.05, 3.63) is 33.8 Å². The van der Waals surface area contributed by atoms with E-state index in [2.05, 4.69) is 24.1 Å². The van der Waals surface area contributed by atoms with Crippen molar-refractivity contribution in [2.24, 2.45) is 11.8 Å². The molecule has 8 nitrogen and oxygen atoms in total. The summed E-state index contributed by atoms with van der Waals surface area (Å²) in [5.41, 5.74) is 1.13. The van der Waals surface area contributed by atoms with Crippen molar-refractivity contribution in [3.8, 4) is 0 Å². The Morgan fingerprint density at radius 1 is 1.17 bits per heavy atom. The maximum Gasteiger partial charge on any atom is 0.335 e. The molecule has 1 aromatic carbocycles. The van der Waals surface area contributed by atoms with Gasteiger partial charge in [-0.25, -0.2) is 9.59 Å². The smallest absolute Gasteiger partial charge is 0.335 e. The van der Waals surface area contributed by atoms with Crippen molar-refractivity contribution in [2.45, 2.75) is 39.0 Å². The third kappa shape index (κ3) is 9.59. The average molecular weight is 465 g/mol. The van der Waals surface area contributed by atoms with E-state index in [1.54, 1.807) is 0 Å². The van der Waals surface area contributed by atoms with E-state index in [9.17, 15) is 9.59 Å². The molecule has 0 radical (unpaired) electrons. The molecular formula is C20H30Cl2N2O6. The van der Waals surface area contributed by atoms with Crippen LogP contribution in [-0.4, -0.2) is 75.7 Å². The van der Waals surface area contributed by atoms with Crippen LogP contribution in [0.1, 0.15) is 25.8 Å². The molecule has 0 aromatic heterocycles. The first-order chi connectivity index (χ1) is 14.0. The molecule has 1 aromatic rings. The van der Waals surface area contributed by atoms with Crippen LogP contribution in [0.4, 0.5) is 0 Å². The van der Waals surface area contributed by atoms with Crippen LogP contribution in [-0.2, 0) is 16.1 Å². The van der Waals surface area contributed by atoms with E-state index in [4.69, 9.17) is 43.6 Å². The SMILES string of the molecule is CC(C)CN(Cc1cc(Cl)ccc1Cl)C[C@@H]1CCNC1.O=C(O)C(O)C(O)C(=O)O. The van der Waals surface area contributed by atoms with Gasteiger partial charge in [0.05, 0.1) is 0 Å². The zero-order valence-electron chi connectivity index (χ0n) is 17.1. The van der Waals surface area contributed by atoms with Gasteiger partial charge >= 0.3 is 11.9 Å². The second kappa shape index (κ2) is 13.1. The Labute approximate surface area is 186 Å². The number of nitrogens with zero attached hydrogens (tertiary/aromatic N) is 1. The molecule has 2 rings (SSSR count). The van der Waals surface area contributed by atoms with Crippen LogP contribution >= 0.6 is 23.2 Å². The molecule has 1 aliphatic heterocycles. The monoisotopic (exact) mass is 464 g/mol. The fourth-order valence-corrected chi connectivity index (χ4v) is 3.50. The van der Waals surface area contributed by atoms with Crippen molar-refractivity contribution < 1.29 is 30.0 Å². The molecule has 0 bridgehead atoms. The van der Waals surface area contributed by atoms with Crippen LogP contribution in [0, 0.1) is 11.8 Å². The lowest BCUT2D eigenvalue weighted by molar-refractivity contribution is -0.165. The Morgan fingerprint density at radius 2 is 1.77 bits per heavy atom. The number of aliphatic hydroxyl groups is 2. The molecule has 0 saturated carbocycles. The normalized spacial score (nSPS) is 18.1. The van der Waals surface area contributed by atoms with Gasteiger partial charge in [0, 0.05) is 29.7 Å². The second-order valence-corrected chi connectivity index (χ2v) is 8.59. The van der Waals surface area contributed by atoms with Gasteiger partial charge in [0.25, 0.3) is 0 Å². The molecule has 0 spiro atoms. The molecule has 3 atom stereocenters. The van der Waals surface area contributed by atoms with Crippen LogP contribution in [0.5, 0.6) is 0 Å². The van der Waals surface area contributed by atoms with Gasteiger partial charge in [-0.15, -0.1) is 0 Å². The van der Waals surface area contributed by atoms with Gasteiger partial charge in [-0.05, 0) is 55.1 Å². The molecule has 10 heteroatoms. The number of benzene rings is 1. The van der Waals surface area contributed by atoms with E-state index in [-0.39, 0.29) is 0 Å². The fraction of sp³-hybridized carbons (Fsp3) is 0.600. The van der Waals surface area contributed by atoms with Crippen molar-refractivity contribution in [1.82, 2.24) is 10.2 Å². The highest BCUT2D eigenvalue weighted by atomic mass is 35.5. The van der Waals surface area contributed by atoms with Gasteiger partial charge in [-0.2, -0.15) is 0 Å². The number of carboxylic acid groups (broad SMARTS) is 2. The summed E-state index contributed by atoms with van der Waals surface area (Å²) in [6.45, 7) is 9.93. The zero-order chi connectivity index (χ0) is 22.8. The number of carboxylic acids is 2. The molecule has 0 aliphatic carbocycles. The van der Waals surface area contributed by atoms with Gasteiger partial charge in [-0.3, -0.25) is 4.90 Å². The number of aliphatic hydroxyl groups excluding tert-OH is 2. The number of halogens is 2. The quantitative estimate of drug-likeness (QED) is 0.374. The van der Waals surface area contributed by atoms with Crippen molar-refractivity contribution in [3.63, 3.8) is 0 Å². The molecule has 30 heavy (non-hydrogen) atoms. The highest BCUT2D eigenvalue weighted by Gasteiger charge is 2.29. The lowest BCUT2D eigenvalue weighted by Gasteiger charge is -2.27. The maximum atomic E-state index is 9.77. The summed E-state index contributed by atoms with van der Waals surface area (Å²) in [6.07, 6.45) is -3.26. The molecule has 5 N–H and O–H groups in total. The highest BCUT2D eigenvalue weighted by molar-refractivity contribution is 6.33. The summed E-state index contributed by atoms with van der Waals surface area (Å²) in [5.74, 6) is -2.13. The Kier molecular flexibility index (Phi) is 11.6. The van der Waals surface area contributed by atoms with Crippen molar-refractivity contribution >= 4 is 35.1 Å². The lowest BCUT2D eigenvalue weighted by Crippen LogP contribution is -2.39. The zero-order valence-corrected chi connectivity index (χ0v) is 18.6. The standard InChI is InChI=1S/C16H24Cl2N2.C4H6O6/c1-12(2)9-20(10-13-5-6-19-8-13)11-14-7-15(17)3-4-16(14)18;5-1(3(7)8)2(6)4(9)10/h3-4,7,12-13,19H,5-6,8-11H2,1-2H3;1-2,5-6H,(H,7,8)(H,9,10)/t13-;/m1./s1. The van der Waals surface area contributed by atoms with E-state index in [0.29, 0.717) is 5.92 Å². The highest BCUT2D eigenvalue weighted by Crippen LogP contribution is 2.23. The Bertz CT molecular complexity index is 680. The first-order valence-electron chi connectivity index (χ1n) is 9.70. The Morgan fingerprint density at radius 3 is 2.23 bits per heavy atom. The molecule has 0 amide bonds. The Balaban J connectivity index is 0.000000382. The number of carbonyl (C=O) groups is 2. The van der Waals surface area contributed by atoms with E-state index < -0.39 is 24.1 Å².